The quantitative estimate of drug-likeness (QED) is 0.871. The van der Waals surface area contributed by atoms with Gasteiger partial charge in [0.25, 0.3) is 5.91 Å². The van der Waals surface area contributed by atoms with E-state index in [2.05, 4.69) is 12.2 Å². The van der Waals surface area contributed by atoms with Gasteiger partial charge in [0.2, 0.25) is 0 Å². The van der Waals surface area contributed by atoms with Gasteiger partial charge in [-0.1, -0.05) is 13.0 Å². The molecule has 0 saturated carbocycles. The Kier molecular flexibility index (Phi) is 4.43. The number of phenolic OH excluding ortho intramolecular Hbond substituents is 1. The van der Waals surface area contributed by atoms with Crippen molar-refractivity contribution in [3.8, 4) is 5.75 Å². The second-order valence-corrected chi connectivity index (χ2v) is 5.09. The Labute approximate surface area is 114 Å². The molecule has 1 saturated heterocycles. The molecule has 0 radical (unpaired) electrons. The zero-order chi connectivity index (χ0) is 13.8. The maximum Gasteiger partial charge on any atom is 0.254 e. The molecule has 4 nitrogen and oxygen atoms in total. The number of amides is 1. The van der Waals surface area contributed by atoms with Crippen molar-refractivity contribution in [1.29, 1.82) is 0 Å². The van der Waals surface area contributed by atoms with E-state index in [9.17, 15) is 9.90 Å². The number of nitrogens with one attached hydrogen (secondary N) is 1. The summed E-state index contributed by atoms with van der Waals surface area (Å²) >= 11 is 0. The van der Waals surface area contributed by atoms with E-state index < -0.39 is 0 Å². The largest absolute Gasteiger partial charge is 0.508 e. The summed E-state index contributed by atoms with van der Waals surface area (Å²) in [5.74, 6) is 0.218. The summed E-state index contributed by atoms with van der Waals surface area (Å²) in [7, 11) is 0. The first kappa shape index (κ1) is 13.9. The Morgan fingerprint density at radius 2 is 2.32 bits per heavy atom. The van der Waals surface area contributed by atoms with Crippen molar-refractivity contribution in [2.45, 2.75) is 32.7 Å². The van der Waals surface area contributed by atoms with E-state index in [1.807, 2.05) is 4.90 Å². The van der Waals surface area contributed by atoms with Gasteiger partial charge in [0.05, 0.1) is 0 Å². The molecule has 0 spiro atoms. The van der Waals surface area contributed by atoms with Gasteiger partial charge in [0.15, 0.2) is 0 Å². The van der Waals surface area contributed by atoms with Crippen molar-refractivity contribution in [2.24, 2.45) is 0 Å². The minimum Gasteiger partial charge on any atom is -0.508 e. The summed E-state index contributed by atoms with van der Waals surface area (Å²) in [5, 5.41) is 13.0. The van der Waals surface area contributed by atoms with Crippen LogP contribution in [0.1, 0.15) is 35.7 Å². The monoisotopic (exact) mass is 262 g/mol. The third-order valence-electron chi connectivity index (χ3n) is 3.74. The predicted octanol–water partition coefficient (Wildman–Crippen LogP) is 1.91. The number of aromatic hydroxyl groups is 1. The maximum atomic E-state index is 12.7. The van der Waals surface area contributed by atoms with Crippen LogP contribution in [-0.2, 0) is 0 Å². The number of rotatable bonds is 4. The normalized spacial score (nSPS) is 18.5. The van der Waals surface area contributed by atoms with Gasteiger partial charge < -0.3 is 15.3 Å². The van der Waals surface area contributed by atoms with Crippen LogP contribution in [0.2, 0.25) is 0 Å². The average molecular weight is 262 g/mol. The van der Waals surface area contributed by atoms with E-state index in [4.69, 9.17) is 0 Å². The van der Waals surface area contributed by atoms with Gasteiger partial charge in [-0.25, -0.2) is 0 Å². The first-order valence-electron chi connectivity index (χ1n) is 6.95. The van der Waals surface area contributed by atoms with Crippen LogP contribution in [0.3, 0.4) is 0 Å². The molecule has 0 aromatic heterocycles. The highest BCUT2D eigenvalue weighted by atomic mass is 16.3. The molecule has 19 heavy (non-hydrogen) atoms. The number of hydrogen-bond acceptors (Lipinski definition) is 3. The summed E-state index contributed by atoms with van der Waals surface area (Å²) in [4.78, 5) is 14.6. The zero-order valence-electron chi connectivity index (χ0n) is 11.6. The lowest BCUT2D eigenvalue weighted by Gasteiger charge is -2.29. The molecule has 1 amide bonds. The van der Waals surface area contributed by atoms with Crippen LogP contribution in [0.5, 0.6) is 5.75 Å². The van der Waals surface area contributed by atoms with Crippen LogP contribution in [-0.4, -0.2) is 41.6 Å². The number of benzene rings is 1. The summed E-state index contributed by atoms with van der Waals surface area (Å²) < 4.78 is 0. The van der Waals surface area contributed by atoms with Crippen LogP contribution in [0.15, 0.2) is 18.2 Å². The van der Waals surface area contributed by atoms with E-state index in [0.717, 1.165) is 32.5 Å². The topological polar surface area (TPSA) is 52.6 Å². The molecule has 2 N–H and O–H groups in total. The van der Waals surface area contributed by atoms with Crippen molar-refractivity contribution in [1.82, 2.24) is 10.2 Å². The van der Waals surface area contributed by atoms with Crippen molar-refractivity contribution in [3.05, 3.63) is 29.3 Å². The molecule has 0 bridgehead atoms. The first-order chi connectivity index (χ1) is 9.15. The highest BCUT2D eigenvalue weighted by Gasteiger charge is 2.27. The summed E-state index contributed by atoms with van der Waals surface area (Å²) in [5.41, 5.74) is 1.28. The molecule has 1 aliphatic heterocycles. The van der Waals surface area contributed by atoms with E-state index in [1.165, 1.54) is 0 Å². The summed E-state index contributed by atoms with van der Waals surface area (Å²) in [6.07, 6.45) is 1.95. The van der Waals surface area contributed by atoms with Crippen LogP contribution in [0, 0.1) is 6.92 Å². The van der Waals surface area contributed by atoms with Crippen molar-refractivity contribution in [2.75, 3.05) is 19.6 Å². The van der Waals surface area contributed by atoms with Crippen molar-refractivity contribution >= 4 is 5.91 Å². The Bertz CT molecular complexity index is 453. The lowest BCUT2D eigenvalue weighted by atomic mass is 10.0. The van der Waals surface area contributed by atoms with Gasteiger partial charge in [-0.15, -0.1) is 0 Å². The van der Waals surface area contributed by atoms with Crippen LogP contribution < -0.4 is 5.32 Å². The van der Waals surface area contributed by atoms with E-state index in [0.29, 0.717) is 11.1 Å². The highest BCUT2D eigenvalue weighted by molar-refractivity contribution is 5.96. The van der Waals surface area contributed by atoms with Crippen LogP contribution in [0.25, 0.3) is 0 Å². The highest BCUT2D eigenvalue weighted by Crippen LogP contribution is 2.22. The van der Waals surface area contributed by atoms with Crippen molar-refractivity contribution in [3.63, 3.8) is 0 Å². The molecule has 1 aromatic rings. The Hall–Kier alpha value is -1.55. The van der Waals surface area contributed by atoms with Crippen molar-refractivity contribution < 1.29 is 9.90 Å². The average Bonchev–Trinajstić information content (AvgIpc) is 2.92. The number of carbonyl (C=O) groups excluding carboxylic acids is 1. The molecular weight excluding hydrogens is 240 g/mol. The molecule has 2 rings (SSSR count). The molecule has 4 heteroatoms. The minimum absolute atomic E-state index is 0.0314. The molecule has 1 heterocycles. The molecule has 0 aliphatic carbocycles. The maximum absolute atomic E-state index is 12.7. The third-order valence-corrected chi connectivity index (χ3v) is 3.74. The second-order valence-electron chi connectivity index (χ2n) is 5.09. The minimum atomic E-state index is 0.0314. The third kappa shape index (κ3) is 2.89. The number of hydrogen-bond donors (Lipinski definition) is 2. The molecule has 1 atom stereocenters. The Morgan fingerprint density at radius 1 is 1.53 bits per heavy atom. The lowest BCUT2D eigenvalue weighted by Crippen LogP contribution is -2.42. The standard InChI is InChI=1S/C15H22N2O2/c1-3-9-17(12-7-8-16-10-12)15(19)13-5-4-6-14(18)11(13)2/h4-6,12,16,18H,3,7-10H2,1-2H3. The fraction of sp³-hybridized carbons (Fsp3) is 0.533. The van der Waals surface area contributed by atoms with Crippen LogP contribution in [0.4, 0.5) is 0 Å². The van der Waals surface area contributed by atoms with Gasteiger partial charge in [-0.3, -0.25) is 4.79 Å². The number of carbonyl (C=O) groups is 1. The molecular formula is C15H22N2O2. The zero-order valence-corrected chi connectivity index (χ0v) is 11.6. The van der Waals surface area contributed by atoms with E-state index >= 15 is 0 Å². The van der Waals surface area contributed by atoms with E-state index in [-0.39, 0.29) is 17.7 Å². The molecule has 1 unspecified atom stereocenters. The summed E-state index contributed by atoms with van der Waals surface area (Å²) in [6, 6.07) is 5.41. The lowest BCUT2D eigenvalue weighted by molar-refractivity contribution is 0.0691. The fourth-order valence-electron chi connectivity index (χ4n) is 2.61. The SMILES string of the molecule is CCCN(C(=O)c1cccc(O)c1C)C1CCNC1. The first-order valence-corrected chi connectivity index (χ1v) is 6.95. The van der Waals surface area contributed by atoms with Gasteiger partial charge in [0.1, 0.15) is 5.75 Å². The second kappa shape index (κ2) is 6.06. The predicted molar refractivity (Wildman–Crippen MR) is 75.4 cm³/mol. The Balaban J connectivity index is 2.25. The molecule has 104 valence electrons. The number of nitrogens with zero attached hydrogens (tertiary/aromatic N) is 1. The molecule has 1 fully saturated rings. The van der Waals surface area contributed by atoms with E-state index in [1.54, 1.807) is 25.1 Å². The molecule has 1 aliphatic rings. The van der Waals surface area contributed by atoms with Gasteiger partial charge in [-0.2, -0.15) is 0 Å². The fourth-order valence-corrected chi connectivity index (χ4v) is 2.61. The van der Waals surface area contributed by atoms with Crippen LogP contribution >= 0.6 is 0 Å². The van der Waals surface area contributed by atoms with Gasteiger partial charge >= 0.3 is 0 Å². The Morgan fingerprint density at radius 3 is 2.95 bits per heavy atom. The molecule has 1 aromatic carbocycles. The smallest absolute Gasteiger partial charge is 0.254 e. The number of phenols is 1. The van der Waals surface area contributed by atoms with Gasteiger partial charge in [0, 0.05) is 30.3 Å². The van der Waals surface area contributed by atoms with Gasteiger partial charge in [-0.05, 0) is 38.4 Å². The summed E-state index contributed by atoms with van der Waals surface area (Å²) in [6.45, 7) is 6.47.